The van der Waals surface area contributed by atoms with Gasteiger partial charge in [0.05, 0.1) is 17.5 Å². The number of carbonyl (C=O) groups excluding carboxylic acids is 2. The Morgan fingerprint density at radius 2 is 1.82 bits per heavy atom. The molecular formula is C25H35N3O5S. The number of Topliss-reactive ketones (excluding diaryl/α,β-unsaturated/α-hetero) is 1. The molecule has 0 spiro atoms. The lowest BCUT2D eigenvalue weighted by molar-refractivity contribution is -0.123. The average Bonchev–Trinajstić information content (AvgIpc) is 3.51. The zero-order valence-electron chi connectivity index (χ0n) is 19.8. The van der Waals surface area contributed by atoms with E-state index < -0.39 is 33.6 Å². The first-order chi connectivity index (χ1) is 16.3. The SMILES string of the molecule is CCC[C@H](NC(=O)[C@H](CS(=O)(=O)CC1CC1)NC1CCCCC1)C(=O)c1nc2ccccc2o1. The summed E-state index contributed by atoms with van der Waals surface area (Å²) in [5.74, 6) is -0.794. The van der Waals surface area contributed by atoms with Crippen molar-refractivity contribution in [3.05, 3.63) is 30.2 Å². The number of nitrogens with one attached hydrogen (secondary N) is 2. The van der Waals surface area contributed by atoms with Crippen LogP contribution in [-0.2, 0) is 14.6 Å². The fourth-order valence-corrected chi connectivity index (χ4v) is 6.62. The molecule has 9 heteroatoms. The molecule has 2 fully saturated rings. The number of oxazole rings is 1. The van der Waals surface area contributed by atoms with E-state index in [1.165, 1.54) is 0 Å². The molecule has 2 N–H and O–H groups in total. The van der Waals surface area contributed by atoms with E-state index in [-0.39, 0.29) is 29.4 Å². The van der Waals surface area contributed by atoms with Gasteiger partial charge in [-0.1, -0.05) is 44.7 Å². The summed E-state index contributed by atoms with van der Waals surface area (Å²) in [6, 6.07) is 5.51. The van der Waals surface area contributed by atoms with Gasteiger partial charge in [-0.3, -0.25) is 9.59 Å². The highest BCUT2D eigenvalue weighted by Gasteiger charge is 2.35. The molecule has 1 aromatic heterocycles. The highest BCUT2D eigenvalue weighted by Crippen LogP contribution is 2.30. The Balaban J connectivity index is 1.49. The van der Waals surface area contributed by atoms with Gasteiger partial charge in [0.2, 0.25) is 11.7 Å². The standard InChI is InChI=1S/C25H35N3O5S/c1-2-8-20(23(29)25-28-19-11-6-7-12-22(19)33-25)27-24(30)21(26-18-9-4-3-5-10-18)16-34(31,32)15-17-13-14-17/h6-7,11-12,17-18,20-21,26H,2-5,8-10,13-16H2,1H3,(H,27,30)/t20-,21-/m0/s1. The van der Waals surface area contributed by atoms with Crippen LogP contribution in [0.1, 0.15) is 75.4 Å². The molecule has 186 valence electrons. The molecule has 4 rings (SSSR count). The number of carbonyl (C=O) groups is 2. The lowest BCUT2D eigenvalue weighted by Gasteiger charge is -2.29. The van der Waals surface area contributed by atoms with Gasteiger partial charge in [0, 0.05) is 6.04 Å². The van der Waals surface area contributed by atoms with Crippen LogP contribution < -0.4 is 10.6 Å². The number of para-hydroxylation sites is 2. The summed E-state index contributed by atoms with van der Waals surface area (Å²) in [4.78, 5) is 30.8. The van der Waals surface area contributed by atoms with Crippen LogP contribution in [0.25, 0.3) is 11.1 Å². The minimum atomic E-state index is -3.39. The second-order valence-electron chi connectivity index (χ2n) is 9.78. The van der Waals surface area contributed by atoms with Crippen LogP contribution in [0, 0.1) is 5.92 Å². The van der Waals surface area contributed by atoms with Gasteiger partial charge in [0.15, 0.2) is 15.4 Å². The first kappa shape index (κ1) is 24.9. The predicted octanol–water partition coefficient (Wildman–Crippen LogP) is 3.41. The van der Waals surface area contributed by atoms with Gasteiger partial charge in [-0.05, 0) is 50.2 Å². The topological polar surface area (TPSA) is 118 Å². The summed E-state index contributed by atoms with van der Waals surface area (Å²) in [6.45, 7) is 1.93. The fraction of sp³-hybridized carbons (Fsp3) is 0.640. The molecule has 2 saturated carbocycles. The third-order valence-corrected chi connectivity index (χ3v) is 8.50. The van der Waals surface area contributed by atoms with Crippen molar-refractivity contribution < 1.29 is 22.4 Å². The third kappa shape index (κ3) is 6.66. The minimum absolute atomic E-state index is 0.0434. The second kappa shape index (κ2) is 11.0. The van der Waals surface area contributed by atoms with Crippen molar-refractivity contribution in [1.82, 2.24) is 15.6 Å². The molecule has 2 aliphatic carbocycles. The van der Waals surface area contributed by atoms with E-state index >= 15 is 0 Å². The van der Waals surface area contributed by atoms with E-state index in [4.69, 9.17) is 4.42 Å². The van der Waals surface area contributed by atoms with Crippen LogP contribution in [0.3, 0.4) is 0 Å². The largest absolute Gasteiger partial charge is 0.434 e. The van der Waals surface area contributed by atoms with Gasteiger partial charge in [-0.25, -0.2) is 13.4 Å². The monoisotopic (exact) mass is 489 g/mol. The summed E-state index contributed by atoms with van der Waals surface area (Å²) >= 11 is 0. The number of fused-ring (bicyclic) bond motifs is 1. The van der Waals surface area contributed by atoms with E-state index in [1.54, 1.807) is 18.2 Å². The molecule has 2 aromatic rings. The number of amides is 1. The summed E-state index contributed by atoms with van der Waals surface area (Å²) in [6.07, 6.45) is 8.08. The van der Waals surface area contributed by atoms with Gasteiger partial charge < -0.3 is 15.1 Å². The van der Waals surface area contributed by atoms with Crippen LogP contribution in [0.5, 0.6) is 0 Å². The molecular weight excluding hydrogens is 454 g/mol. The molecule has 0 unspecified atom stereocenters. The second-order valence-corrected chi connectivity index (χ2v) is 11.9. The smallest absolute Gasteiger partial charge is 0.266 e. The molecule has 0 radical (unpaired) electrons. The highest BCUT2D eigenvalue weighted by atomic mass is 32.2. The molecule has 1 heterocycles. The van der Waals surface area contributed by atoms with E-state index in [2.05, 4.69) is 15.6 Å². The zero-order chi connectivity index (χ0) is 24.1. The van der Waals surface area contributed by atoms with Gasteiger partial charge in [0.25, 0.3) is 5.89 Å². The van der Waals surface area contributed by atoms with Crippen molar-refractivity contribution in [3.63, 3.8) is 0 Å². The van der Waals surface area contributed by atoms with Crippen LogP contribution in [0.2, 0.25) is 0 Å². The number of hydrogen-bond donors (Lipinski definition) is 2. The van der Waals surface area contributed by atoms with Crippen molar-refractivity contribution in [2.75, 3.05) is 11.5 Å². The molecule has 2 aliphatic rings. The minimum Gasteiger partial charge on any atom is -0.434 e. The van der Waals surface area contributed by atoms with E-state index in [1.807, 2.05) is 13.0 Å². The summed E-state index contributed by atoms with van der Waals surface area (Å²) in [7, 11) is -3.39. The number of sulfone groups is 1. The Hall–Kier alpha value is -2.26. The third-order valence-electron chi connectivity index (χ3n) is 6.68. The van der Waals surface area contributed by atoms with Gasteiger partial charge in [-0.15, -0.1) is 0 Å². The molecule has 0 saturated heterocycles. The Morgan fingerprint density at radius 3 is 2.50 bits per heavy atom. The Bertz CT molecular complexity index is 1070. The van der Waals surface area contributed by atoms with Gasteiger partial charge in [0.1, 0.15) is 11.6 Å². The molecule has 2 atom stereocenters. The maximum atomic E-state index is 13.3. The van der Waals surface area contributed by atoms with Crippen molar-refractivity contribution in [1.29, 1.82) is 0 Å². The Labute approximate surface area is 201 Å². The van der Waals surface area contributed by atoms with Crippen LogP contribution in [-0.4, -0.2) is 54.7 Å². The maximum Gasteiger partial charge on any atom is 0.266 e. The Morgan fingerprint density at radius 1 is 1.09 bits per heavy atom. The van der Waals surface area contributed by atoms with Crippen molar-refractivity contribution >= 4 is 32.6 Å². The summed E-state index contributed by atoms with van der Waals surface area (Å²) in [5.41, 5.74) is 1.09. The number of benzene rings is 1. The van der Waals surface area contributed by atoms with Crippen LogP contribution in [0.4, 0.5) is 0 Å². The number of hydrogen-bond acceptors (Lipinski definition) is 7. The molecule has 0 bridgehead atoms. The quantitative estimate of drug-likeness (QED) is 0.439. The highest BCUT2D eigenvalue weighted by molar-refractivity contribution is 7.91. The number of nitrogens with zero attached hydrogens (tertiary/aromatic N) is 1. The molecule has 1 aromatic carbocycles. The van der Waals surface area contributed by atoms with Gasteiger partial charge >= 0.3 is 0 Å². The molecule has 0 aliphatic heterocycles. The first-order valence-corrected chi connectivity index (χ1v) is 14.3. The number of aromatic nitrogens is 1. The van der Waals surface area contributed by atoms with Crippen molar-refractivity contribution in [3.8, 4) is 0 Å². The normalized spacial score (nSPS) is 19.1. The van der Waals surface area contributed by atoms with E-state index in [0.29, 0.717) is 23.9 Å². The Kier molecular flexibility index (Phi) is 8.03. The maximum absolute atomic E-state index is 13.3. The molecule has 1 amide bonds. The van der Waals surface area contributed by atoms with Crippen LogP contribution >= 0.6 is 0 Å². The average molecular weight is 490 g/mol. The lowest BCUT2D eigenvalue weighted by Crippen LogP contribution is -2.55. The zero-order valence-corrected chi connectivity index (χ0v) is 20.6. The summed E-state index contributed by atoms with van der Waals surface area (Å²) in [5, 5.41) is 6.14. The fourth-order valence-electron chi connectivity index (χ4n) is 4.68. The number of ketones is 1. The van der Waals surface area contributed by atoms with Gasteiger partial charge in [-0.2, -0.15) is 0 Å². The number of rotatable bonds is 12. The van der Waals surface area contributed by atoms with Crippen molar-refractivity contribution in [2.45, 2.75) is 82.8 Å². The van der Waals surface area contributed by atoms with E-state index in [9.17, 15) is 18.0 Å². The van der Waals surface area contributed by atoms with Crippen molar-refractivity contribution in [2.24, 2.45) is 5.92 Å². The predicted molar refractivity (Wildman–Crippen MR) is 130 cm³/mol. The van der Waals surface area contributed by atoms with E-state index in [0.717, 1.165) is 44.9 Å². The molecule has 34 heavy (non-hydrogen) atoms. The molecule has 8 nitrogen and oxygen atoms in total. The summed E-state index contributed by atoms with van der Waals surface area (Å²) < 4.78 is 31.2. The lowest BCUT2D eigenvalue weighted by atomic mass is 9.95. The van der Waals surface area contributed by atoms with Crippen LogP contribution in [0.15, 0.2) is 28.7 Å². The first-order valence-electron chi connectivity index (χ1n) is 12.5.